The Morgan fingerprint density at radius 3 is 2.68 bits per heavy atom. The molecular formula is C14H19FNO2S-. The molecule has 1 aliphatic heterocycles. The molecule has 1 saturated heterocycles. The van der Waals surface area contributed by atoms with Gasteiger partial charge in [0.1, 0.15) is 5.82 Å². The molecule has 106 valence electrons. The molecule has 1 aromatic carbocycles. The van der Waals surface area contributed by atoms with Crippen LogP contribution >= 0.6 is 0 Å². The molecule has 0 radical (unpaired) electrons. The summed E-state index contributed by atoms with van der Waals surface area (Å²) >= 11 is -2.25. The number of rotatable bonds is 4. The minimum absolute atomic E-state index is 0.211. The summed E-state index contributed by atoms with van der Waals surface area (Å²) in [6, 6.07) is 5.10. The van der Waals surface area contributed by atoms with Crippen LogP contribution in [0, 0.1) is 5.82 Å². The molecule has 0 aliphatic carbocycles. The first kappa shape index (κ1) is 14.6. The lowest BCUT2D eigenvalue weighted by Gasteiger charge is -2.31. The highest BCUT2D eigenvalue weighted by Crippen LogP contribution is 2.31. The predicted molar refractivity (Wildman–Crippen MR) is 73.1 cm³/mol. The molecular weight excluding hydrogens is 265 g/mol. The average Bonchev–Trinajstić information content (AvgIpc) is 2.41. The molecule has 1 aliphatic rings. The van der Waals surface area contributed by atoms with Crippen molar-refractivity contribution in [3.63, 3.8) is 0 Å². The van der Waals surface area contributed by atoms with Crippen LogP contribution in [0.2, 0.25) is 0 Å². The van der Waals surface area contributed by atoms with E-state index < -0.39 is 11.1 Å². The maximum Gasteiger partial charge on any atom is 0.130 e. The van der Waals surface area contributed by atoms with E-state index in [4.69, 9.17) is 0 Å². The van der Waals surface area contributed by atoms with Crippen molar-refractivity contribution in [1.29, 1.82) is 0 Å². The quantitative estimate of drug-likeness (QED) is 0.797. The molecule has 0 N–H and O–H groups in total. The molecule has 0 saturated carbocycles. The van der Waals surface area contributed by atoms with Gasteiger partial charge in [0, 0.05) is 5.75 Å². The normalized spacial score (nSPS) is 19.5. The number of halogens is 1. The fourth-order valence-corrected chi connectivity index (χ4v) is 3.19. The molecule has 5 heteroatoms. The van der Waals surface area contributed by atoms with Gasteiger partial charge >= 0.3 is 0 Å². The zero-order chi connectivity index (χ0) is 13.8. The number of piperidine rings is 1. The van der Waals surface area contributed by atoms with Crippen molar-refractivity contribution in [2.75, 3.05) is 19.6 Å². The third-order valence-corrected chi connectivity index (χ3v) is 4.40. The van der Waals surface area contributed by atoms with Crippen LogP contribution in [0.4, 0.5) is 4.39 Å². The van der Waals surface area contributed by atoms with Gasteiger partial charge in [-0.25, -0.2) is 4.39 Å². The van der Waals surface area contributed by atoms with Crippen molar-refractivity contribution in [1.82, 2.24) is 4.90 Å². The third-order valence-electron chi connectivity index (χ3n) is 3.86. The molecule has 0 amide bonds. The van der Waals surface area contributed by atoms with Gasteiger partial charge in [-0.2, -0.15) is 0 Å². The summed E-state index contributed by atoms with van der Waals surface area (Å²) < 4.78 is 35.7. The molecule has 0 aromatic heterocycles. The van der Waals surface area contributed by atoms with Crippen molar-refractivity contribution in [3.8, 4) is 0 Å². The maximum atomic E-state index is 14.3. The van der Waals surface area contributed by atoms with E-state index in [2.05, 4.69) is 11.8 Å². The number of hydrogen-bond donors (Lipinski definition) is 0. The summed E-state index contributed by atoms with van der Waals surface area (Å²) in [5, 5.41) is 0. The molecule has 0 spiro atoms. The molecule has 1 aromatic rings. The van der Waals surface area contributed by atoms with E-state index in [1.807, 2.05) is 0 Å². The summed E-state index contributed by atoms with van der Waals surface area (Å²) in [5.41, 5.74) is 0.961. The standard InChI is InChI=1S/C14H20FNO2S/c1-2-16-8-6-11(7-9-16)13-5-3-4-12(14(13)15)10-19(17)18/h3-5,11H,2,6-10H2,1H3,(H,17,18)/p-1. The maximum absolute atomic E-state index is 14.3. The highest BCUT2D eigenvalue weighted by Gasteiger charge is 2.22. The molecule has 1 fully saturated rings. The van der Waals surface area contributed by atoms with Crippen LogP contribution in [0.1, 0.15) is 36.8 Å². The van der Waals surface area contributed by atoms with Gasteiger partial charge in [0.05, 0.1) is 0 Å². The molecule has 0 bridgehead atoms. The third kappa shape index (κ3) is 3.61. The summed E-state index contributed by atoms with van der Waals surface area (Å²) in [6.07, 6.45) is 1.88. The van der Waals surface area contributed by atoms with Crippen LogP contribution in [0.25, 0.3) is 0 Å². The lowest BCUT2D eigenvalue weighted by atomic mass is 9.88. The minimum atomic E-state index is -2.25. The fraction of sp³-hybridized carbons (Fsp3) is 0.571. The average molecular weight is 284 g/mol. The van der Waals surface area contributed by atoms with Crippen molar-refractivity contribution in [3.05, 3.63) is 35.1 Å². The highest BCUT2D eigenvalue weighted by atomic mass is 32.2. The lowest BCUT2D eigenvalue weighted by molar-refractivity contribution is 0.220. The van der Waals surface area contributed by atoms with Gasteiger partial charge in [-0.05, 0) is 49.5 Å². The molecule has 3 nitrogen and oxygen atoms in total. The van der Waals surface area contributed by atoms with Gasteiger partial charge in [-0.3, -0.25) is 4.21 Å². The van der Waals surface area contributed by atoms with Crippen molar-refractivity contribution < 1.29 is 13.2 Å². The van der Waals surface area contributed by atoms with Crippen LogP contribution in [-0.2, 0) is 16.8 Å². The van der Waals surface area contributed by atoms with Crippen LogP contribution in [0.5, 0.6) is 0 Å². The number of benzene rings is 1. The van der Waals surface area contributed by atoms with Crippen LogP contribution in [0.3, 0.4) is 0 Å². The molecule has 1 heterocycles. The first-order chi connectivity index (χ1) is 9.11. The predicted octanol–water partition coefficient (Wildman–Crippen LogP) is 2.40. The Kier molecular flexibility index (Phi) is 5.07. The summed E-state index contributed by atoms with van der Waals surface area (Å²) in [7, 11) is 0. The van der Waals surface area contributed by atoms with Crippen LogP contribution in [0.15, 0.2) is 18.2 Å². The first-order valence-electron chi connectivity index (χ1n) is 6.67. The van der Waals surface area contributed by atoms with Gasteiger partial charge in [0.2, 0.25) is 0 Å². The van der Waals surface area contributed by atoms with Crippen LogP contribution in [-0.4, -0.2) is 33.3 Å². The van der Waals surface area contributed by atoms with Crippen molar-refractivity contribution in [2.24, 2.45) is 0 Å². The van der Waals surface area contributed by atoms with Gasteiger partial charge in [-0.1, -0.05) is 36.2 Å². The second kappa shape index (κ2) is 6.59. The van der Waals surface area contributed by atoms with Crippen molar-refractivity contribution in [2.45, 2.75) is 31.4 Å². The Bertz CT molecular complexity index is 459. The summed E-state index contributed by atoms with van der Waals surface area (Å²) in [6.45, 7) is 5.13. The Morgan fingerprint density at radius 2 is 2.11 bits per heavy atom. The van der Waals surface area contributed by atoms with Crippen LogP contribution < -0.4 is 0 Å². The monoisotopic (exact) mass is 284 g/mol. The number of likely N-dealkylation sites (tertiary alicyclic amines) is 1. The molecule has 1 atom stereocenters. The van der Waals surface area contributed by atoms with Gasteiger partial charge < -0.3 is 9.45 Å². The zero-order valence-electron chi connectivity index (χ0n) is 11.1. The Labute approximate surface area is 116 Å². The second-order valence-electron chi connectivity index (χ2n) is 4.98. The minimum Gasteiger partial charge on any atom is -0.772 e. The zero-order valence-corrected chi connectivity index (χ0v) is 11.9. The van der Waals surface area contributed by atoms with E-state index >= 15 is 0 Å². The Hall–Kier alpha value is -0.780. The fourth-order valence-electron chi connectivity index (χ4n) is 2.71. The Morgan fingerprint density at radius 1 is 1.42 bits per heavy atom. The topological polar surface area (TPSA) is 43.4 Å². The van der Waals surface area contributed by atoms with E-state index in [9.17, 15) is 13.2 Å². The Balaban J connectivity index is 2.14. The molecule has 1 unspecified atom stereocenters. The van der Waals surface area contributed by atoms with E-state index in [0.29, 0.717) is 5.56 Å². The van der Waals surface area contributed by atoms with Crippen molar-refractivity contribution >= 4 is 11.1 Å². The van der Waals surface area contributed by atoms with E-state index in [1.54, 1.807) is 18.2 Å². The highest BCUT2D eigenvalue weighted by molar-refractivity contribution is 7.78. The van der Waals surface area contributed by atoms with E-state index in [-0.39, 0.29) is 23.1 Å². The van der Waals surface area contributed by atoms with E-state index in [1.165, 1.54) is 0 Å². The smallest absolute Gasteiger partial charge is 0.130 e. The largest absolute Gasteiger partial charge is 0.772 e. The SMILES string of the molecule is CCN1CCC(c2cccc(CS(=O)[O-])c2F)CC1. The number of hydrogen-bond acceptors (Lipinski definition) is 3. The van der Waals surface area contributed by atoms with Gasteiger partial charge in [-0.15, -0.1) is 0 Å². The lowest BCUT2D eigenvalue weighted by Crippen LogP contribution is -2.32. The van der Waals surface area contributed by atoms with Gasteiger partial charge in [0.15, 0.2) is 0 Å². The van der Waals surface area contributed by atoms with E-state index in [0.717, 1.165) is 32.5 Å². The summed E-state index contributed by atoms with van der Waals surface area (Å²) in [4.78, 5) is 2.35. The second-order valence-corrected chi connectivity index (χ2v) is 5.87. The molecule has 19 heavy (non-hydrogen) atoms. The van der Waals surface area contributed by atoms with Gasteiger partial charge in [0.25, 0.3) is 0 Å². The first-order valence-corrected chi connectivity index (χ1v) is 7.91. The summed E-state index contributed by atoms with van der Waals surface area (Å²) in [5.74, 6) is -0.363. The molecule has 2 rings (SSSR count). The number of nitrogens with zero attached hydrogens (tertiary/aromatic N) is 1.